The summed E-state index contributed by atoms with van der Waals surface area (Å²) >= 11 is 0. The van der Waals surface area contributed by atoms with E-state index >= 15 is 0 Å². The van der Waals surface area contributed by atoms with Crippen LogP contribution >= 0.6 is 0 Å². The molecule has 0 saturated carbocycles. The summed E-state index contributed by atoms with van der Waals surface area (Å²) in [6, 6.07) is 4.67. The third kappa shape index (κ3) is 2.11. The van der Waals surface area contributed by atoms with Crippen molar-refractivity contribution in [3.05, 3.63) is 35.5 Å². The van der Waals surface area contributed by atoms with E-state index in [4.69, 9.17) is 10.5 Å². The fourth-order valence-electron chi connectivity index (χ4n) is 1.92. The van der Waals surface area contributed by atoms with Gasteiger partial charge in [-0.1, -0.05) is 6.07 Å². The topological polar surface area (TPSA) is 61.0 Å². The second-order valence-electron chi connectivity index (χ2n) is 3.97. The van der Waals surface area contributed by atoms with E-state index in [1.54, 1.807) is 19.1 Å². The van der Waals surface area contributed by atoms with Crippen LogP contribution in [0.4, 0.5) is 10.2 Å². The van der Waals surface area contributed by atoms with Crippen molar-refractivity contribution in [3.63, 3.8) is 0 Å². The van der Waals surface area contributed by atoms with Crippen LogP contribution in [-0.4, -0.2) is 17.1 Å². The van der Waals surface area contributed by atoms with Crippen molar-refractivity contribution in [1.29, 1.82) is 0 Å². The molecule has 0 spiro atoms. The van der Waals surface area contributed by atoms with Crippen molar-refractivity contribution >= 4 is 5.82 Å². The summed E-state index contributed by atoms with van der Waals surface area (Å²) in [7, 11) is 1.42. The molecular weight excluding hydrogens is 233 g/mol. The maximum atomic E-state index is 13.7. The Bertz CT molecular complexity index is 576. The maximum absolute atomic E-state index is 13.7. The number of anilines is 1. The highest BCUT2D eigenvalue weighted by atomic mass is 19.1. The second-order valence-corrected chi connectivity index (χ2v) is 3.97. The van der Waals surface area contributed by atoms with E-state index in [-0.39, 0.29) is 5.75 Å². The third-order valence-electron chi connectivity index (χ3n) is 2.67. The van der Waals surface area contributed by atoms with Crippen LogP contribution in [0.5, 0.6) is 5.75 Å². The van der Waals surface area contributed by atoms with Crippen molar-refractivity contribution in [2.75, 3.05) is 12.8 Å². The predicted molar refractivity (Wildman–Crippen MR) is 67.9 cm³/mol. The molecular formula is C13H14FN3O. The lowest BCUT2D eigenvalue weighted by molar-refractivity contribution is 0.386. The SMILES string of the molecule is COc1ccc(-c2c(C)nc(C)nc2N)cc1F. The number of ether oxygens (including phenoxy) is 1. The van der Waals surface area contributed by atoms with Gasteiger partial charge in [0.15, 0.2) is 11.6 Å². The molecule has 94 valence electrons. The van der Waals surface area contributed by atoms with Crippen molar-refractivity contribution in [2.24, 2.45) is 0 Å². The summed E-state index contributed by atoms with van der Waals surface area (Å²) in [5, 5.41) is 0. The van der Waals surface area contributed by atoms with Gasteiger partial charge in [0.2, 0.25) is 0 Å². The number of aromatic nitrogens is 2. The van der Waals surface area contributed by atoms with Gasteiger partial charge in [-0.05, 0) is 31.5 Å². The molecule has 0 saturated heterocycles. The number of rotatable bonds is 2. The highest BCUT2D eigenvalue weighted by Crippen LogP contribution is 2.30. The lowest BCUT2D eigenvalue weighted by Crippen LogP contribution is -2.02. The quantitative estimate of drug-likeness (QED) is 0.885. The van der Waals surface area contributed by atoms with Gasteiger partial charge in [-0.25, -0.2) is 14.4 Å². The molecule has 0 fully saturated rings. The second kappa shape index (κ2) is 4.60. The number of nitrogen functional groups attached to an aromatic ring is 1. The van der Waals surface area contributed by atoms with E-state index in [9.17, 15) is 4.39 Å². The molecule has 0 bridgehead atoms. The summed E-state index contributed by atoms with van der Waals surface area (Å²) in [4.78, 5) is 8.33. The Balaban J connectivity index is 2.59. The molecule has 1 aromatic heterocycles. The van der Waals surface area contributed by atoms with Gasteiger partial charge in [0, 0.05) is 5.56 Å². The highest BCUT2D eigenvalue weighted by Gasteiger charge is 2.12. The fraction of sp³-hybridized carbons (Fsp3) is 0.231. The molecule has 0 amide bonds. The van der Waals surface area contributed by atoms with Crippen LogP contribution in [0.3, 0.4) is 0 Å². The van der Waals surface area contributed by atoms with Gasteiger partial charge in [-0.3, -0.25) is 0 Å². The monoisotopic (exact) mass is 247 g/mol. The Labute approximate surface area is 105 Å². The molecule has 18 heavy (non-hydrogen) atoms. The Morgan fingerprint density at radius 2 is 1.94 bits per heavy atom. The number of benzene rings is 1. The largest absolute Gasteiger partial charge is 0.494 e. The van der Waals surface area contributed by atoms with E-state index in [0.717, 1.165) is 5.69 Å². The molecule has 1 heterocycles. The van der Waals surface area contributed by atoms with Crippen LogP contribution < -0.4 is 10.5 Å². The summed E-state index contributed by atoms with van der Waals surface area (Å²) in [5.74, 6) is 0.713. The minimum Gasteiger partial charge on any atom is -0.494 e. The minimum absolute atomic E-state index is 0.197. The molecule has 0 atom stereocenters. The summed E-state index contributed by atoms with van der Waals surface area (Å²) < 4.78 is 18.6. The van der Waals surface area contributed by atoms with Gasteiger partial charge < -0.3 is 10.5 Å². The molecule has 2 aromatic rings. The smallest absolute Gasteiger partial charge is 0.165 e. The van der Waals surface area contributed by atoms with Gasteiger partial charge in [0.1, 0.15) is 11.6 Å². The third-order valence-corrected chi connectivity index (χ3v) is 2.67. The van der Waals surface area contributed by atoms with Crippen LogP contribution in [0.1, 0.15) is 11.5 Å². The molecule has 1 aromatic carbocycles. The van der Waals surface area contributed by atoms with Crippen LogP contribution in [0.2, 0.25) is 0 Å². The normalized spacial score (nSPS) is 10.4. The van der Waals surface area contributed by atoms with Crippen LogP contribution in [0.15, 0.2) is 18.2 Å². The molecule has 0 aliphatic heterocycles. The van der Waals surface area contributed by atoms with E-state index in [1.165, 1.54) is 13.2 Å². The molecule has 4 nitrogen and oxygen atoms in total. The lowest BCUT2D eigenvalue weighted by Gasteiger charge is -2.10. The summed E-state index contributed by atoms with van der Waals surface area (Å²) in [6.07, 6.45) is 0. The number of hydrogen-bond donors (Lipinski definition) is 1. The number of methoxy groups -OCH3 is 1. The van der Waals surface area contributed by atoms with Gasteiger partial charge in [-0.2, -0.15) is 0 Å². The Kier molecular flexibility index (Phi) is 3.14. The molecule has 0 unspecified atom stereocenters. The van der Waals surface area contributed by atoms with Crippen LogP contribution in [0.25, 0.3) is 11.1 Å². The van der Waals surface area contributed by atoms with Gasteiger partial charge in [-0.15, -0.1) is 0 Å². The zero-order valence-corrected chi connectivity index (χ0v) is 10.5. The molecule has 2 rings (SSSR count). The number of nitrogens with zero attached hydrogens (tertiary/aromatic N) is 2. The van der Waals surface area contributed by atoms with Crippen molar-refractivity contribution in [3.8, 4) is 16.9 Å². The van der Waals surface area contributed by atoms with E-state index in [2.05, 4.69) is 9.97 Å². The predicted octanol–water partition coefficient (Wildman–Crippen LogP) is 2.49. The summed E-state index contributed by atoms with van der Waals surface area (Å²) in [6.45, 7) is 3.59. The maximum Gasteiger partial charge on any atom is 0.165 e. The zero-order chi connectivity index (χ0) is 13.3. The highest BCUT2D eigenvalue weighted by molar-refractivity contribution is 5.76. The average molecular weight is 247 g/mol. The molecule has 0 aliphatic rings. The van der Waals surface area contributed by atoms with Gasteiger partial charge in [0.05, 0.1) is 12.8 Å². The van der Waals surface area contributed by atoms with Crippen LogP contribution in [0, 0.1) is 19.7 Å². The fourth-order valence-corrected chi connectivity index (χ4v) is 1.92. The molecule has 0 radical (unpaired) electrons. The first-order valence-electron chi connectivity index (χ1n) is 5.47. The Morgan fingerprint density at radius 1 is 1.22 bits per heavy atom. The van der Waals surface area contributed by atoms with Crippen molar-refractivity contribution in [1.82, 2.24) is 9.97 Å². The number of halogens is 1. The first-order chi connectivity index (χ1) is 8.52. The number of aryl methyl sites for hydroxylation is 2. The van der Waals surface area contributed by atoms with Gasteiger partial charge >= 0.3 is 0 Å². The lowest BCUT2D eigenvalue weighted by atomic mass is 10.0. The number of nitrogens with two attached hydrogens (primary N) is 1. The van der Waals surface area contributed by atoms with Crippen molar-refractivity contribution < 1.29 is 9.13 Å². The first-order valence-corrected chi connectivity index (χ1v) is 5.47. The van der Waals surface area contributed by atoms with E-state index in [0.29, 0.717) is 22.8 Å². The molecule has 0 aliphatic carbocycles. The average Bonchev–Trinajstić information content (AvgIpc) is 2.27. The minimum atomic E-state index is -0.436. The molecule has 2 N–H and O–H groups in total. The first kappa shape index (κ1) is 12.3. The standard InChI is InChI=1S/C13H14FN3O/c1-7-12(13(15)17-8(2)16-7)9-4-5-11(18-3)10(14)6-9/h4-6H,1-3H3,(H2,15,16,17). The van der Waals surface area contributed by atoms with E-state index < -0.39 is 5.82 Å². The van der Waals surface area contributed by atoms with Gasteiger partial charge in [0.25, 0.3) is 0 Å². The Hall–Kier alpha value is -2.17. The van der Waals surface area contributed by atoms with Crippen LogP contribution in [-0.2, 0) is 0 Å². The zero-order valence-electron chi connectivity index (χ0n) is 10.5. The van der Waals surface area contributed by atoms with E-state index in [1.807, 2.05) is 6.92 Å². The Morgan fingerprint density at radius 3 is 2.50 bits per heavy atom. The van der Waals surface area contributed by atoms with Crippen molar-refractivity contribution in [2.45, 2.75) is 13.8 Å². The number of hydrogen-bond acceptors (Lipinski definition) is 4. The molecule has 5 heteroatoms. The summed E-state index contributed by atoms with van der Waals surface area (Å²) in [5.41, 5.74) is 7.89.